The van der Waals surface area contributed by atoms with Crippen LogP contribution in [0.15, 0.2) is 36.4 Å². The molecule has 0 aliphatic rings. The molecule has 0 saturated heterocycles. The zero-order valence-corrected chi connectivity index (χ0v) is 14.6. The van der Waals surface area contributed by atoms with Gasteiger partial charge in [0.15, 0.2) is 16.8 Å². The van der Waals surface area contributed by atoms with E-state index >= 15 is 0 Å². The summed E-state index contributed by atoms with van der Waals surface area (Å²) < 4.78 is 55.4. The molecule has 0 unspecified atom stereocenters. The summed E-state index contributed by atoms with van der Waals surface area (Å²) in [4.78, 5) is 12.6. The van der Waals surface area contributed by atoms with Gasteiger partial charge in [-0.05, 0) is 23.8 Å². The Kier molecular flexibility index (Phi) is 5.18. The molecule has 0 spiro atoms. The lowest BCUT2D eigenvalue weighted by molar-refractivity contribution is 0.102. The molecule has 4 nitrogen and oxygen atoms in total. The van der Waals surface area contributed by atoms with Gasteiger partial charge in [0.25, 0.3) is 5.91 Å². The van der Waals surface area contributed by atoms with Crippen LogP contribution in [0.3, 0.4) is 0 Å². The van der Waals surface area contributed by atoms with Crippen LogP contribution in [0.1, 0.15) is 16.1 Å². The van der Waals surface area contributed by atoms with E-state index in [-0.39, 0.29) is 33.2 Å². The summed E-state index contributed by atoms with van der Waals surface area (Å²) in [6, 6.07) is 6.87. The Hall–Kier alpha value is -2.87. The molecule has 3 aromatic rings. The molecule has 140 valence electrons. The minimum atomic E-state index is -1.12. The second-order valence-electron chi connectivity index (χ2n) is 5.62. The number of hydrogen-bond donors (Lipinski definition) is 1. The smallest absolute Gasteiger partial charge is 0.260 e. The second-order valence-corrected chi connectivity index (χ2v) is 5.97. The van der Waals surface area contributed by atoms with Crippen LogP contribution < -0.4 is 5.32 Å². The van der Waals surface area contributed by atoms with Gasteiger partial charge < -0.3 is 5.32 Å². The molecule has 0 saturated carbocycles. The molecule has 3 rings (SSSR count). The van der Waals surface area contributed by atoms with Crippen molar-refractivity contribution in [2.45, 2.75) is 6.67 Å². The minimum absolute atomic E-state index is 0.0804. The molecule has 0 atom stereocenters. The summed E-state index contributed by atoms with van der Waals surface area (Å²) in [5.74, 6) is -3.87. The number of rotatable bonds is 4. The first-order valence-electron chi connectivity index (χ1n) is 7.66. The van der Waals surface area contributed by atoms with Crippen molar-refractivity contribution < 1.29 is 22.4 Å². The summed E-state index contributed by atoms with van der Waals surface area (Å²) in [6.07, 6.45) is 0. The number of halogens is 5. The molecule has 1 aromatic heterocycles. The first-order chi connectivity index (χ1) is 12.8. The number of nitrogens with zero attached hydrogens (tertiary/aromatic N) is 2. The lowest BCUT2D eigenvalue weighted by Crippen LogP contribution is -2.16. The van der Waals surface area contributed by atoms with Crippen molar-refractivity contribution in [3.63, 3.8) is 0 Å². The Morgan fingerprint density at radius 1 is 1.15 bits per heavy atom. The average Bonchev–Trinajstić information content (AvgIpc) is 2.92. The Morgan fingerprint density at radius 3 is 2.56 bits per heavy atom. The number of carbonyl (C=O) groups is 1. The van der Waals surface area contributed by atoms with E-state index in [0.29, 0.717) is 0 Å². The van der Waals surface area contributed by atoms with E-state index in [2.05, 4.69) is 10.4 Å². The summed E-state index contributed by atoms with van der Waals surface area (Å²) in [7, 11) is 1.41. The molecule has 0 bridgehead atoms. The lowest BCUT2D eigenvalue weighted by Gasteiger charge is -2.13. The highest BCUT2D eigenvalue weighted by molar-refractivity contribution is 6.33. The van der Waals surface area contributed by atoms with Crippen molar-refractivity contribution in [1.29, 1.82) is 0 Å². The van der Waals surface area contributed by atoms with E-state index in [1.807, 2.05) is 0 Å². The molecular formula is C18H12ClF4N3O. The molecule has 2 aromatic carbocycles. The normalized spacial score (nSPS) is 10.9. The van der Waals surface area contributed by atoms with E-state index in [4.69, 9.17) is 11.6 Å². The fourth-order valence-electron chi connectivity index (χ4n) is 2.63. The lowest BCUT2D eigenvalue weighted by atomic mass is 10.0. The van der Waals surface area contributed by atoms with Crippen LogP contribution in [0.4, 0.5) is 23.2 Å². The number of hydrogen-bond acceptors (Lipinski definition) is 2. The monoisotopic (exact) mass is 397 g/mol. The molecule has 0 aliphatic heterocycles. The summed E-state index contributed by atoms with van der Waals surface area (Å²) in [6.45, 7) is -1.01. The van der Waals surface area contributed by atoms with Crippen LogP contribution in [0.5, 0.6) is 0 Å². The van der Waals surface area contributed by atoms with Gasteiger partial charge in [-0.1, -0.05) is 29.8 Å². The van der Waals surface area contributed by atoms with Gasteiger partial charge in [-0.2, -0.15) is 5.10 Å². The summed E-state index contributed by atoms with van der Waals surface area (Å²) in [5, 5.41) is 5.84. The third kappa shape index (κ3) is 3.52. The summed E-state index contributed by atoms with van der Waals surface area (Å²) >= 11 is 5.88. The topological polar surface area (TPSA) is 46.9 Å². The molecule has 27 heavy (non-hydrogen) atoms. The van der Waals surface area contributed by atoms with E-state index in [1.165, 1.54) is 25.2 Å². The van der Waals surface area contributed by atoms with Crippen LogP contribution in [0, 0.1) is 17.5 Å². The van der Waals surface area contributed by atoms with Crippen molar-refractivity contribution in [3.8, 4) is 11.1 Å². The minimum Gasteiger partial charge on any atom is -0.319 e. The zero-order valence-electron chi connectivity index (χ0n) is 13.9. The van der Waals surface area contributed by atoms with Gasteiger partial charge in [0.1, 0.15) is 18.1 Å². The van der Waals surface area contributed by atoms with Crippen LogP contribution in [-0.4, -0.2) is 15.7 Å². The first-order valence-corrected chi connectivity index (χ1v) is 8.04. The van der Waals surface area contributed by atoms with Crippen LogP contribution in [0.2, 0.25) is 5.15 Å². The number of carbonyl (C=O) groups excluding carboxylic acids is 1. The number of aryl methyl sites for hydroxylation is 1. The highest BCUT2D eigenvalue weighted by Gasteiger charge is 2.23. The second kappa shape index (κ2) is 7.40. The number of anilines is 1. The van der Waals surface area contributed by atoms with Gasteiger partial charge >= 0.3 is 0 Å². The maximum atomic E-state index is 14.4. The quantitative estimate of drug-likeness (QED) is 0.638. The van der Waals surface area contributed by atoms with Crippen LogP contribution >= 0.6 is 11.6 Å². The maximum Gasteiger partial charge on any atom is 0.260 e. The van der Waals surface area contributed by atoms with Crippen molar-refractivity contribution in [2.24, 2.45) is 7.05 Å². The van der Waals surface area contributed by atoms with Gasteiger partial charge in [0.2, 0.25) is 0 Å². The van der Waals surface area contributed by atoms with Gasteiger partial charge in [0.05, 0.1) is 11.4 Å². The van der Waals surface area contributed by atoms with Gasteiger partial charge in [0, 0.05) is 12.6 Å². The molecular weight excluding hydrogens is 386 g/mol. The first kappa shape index (κ1) is 18.9. The van der Waals surface area contributed by atoms with E-state index in [9.17, 15) is 22.4 Å². The van der Waals surface area contributed by atoms with Gasteiger partial charge in [-0.3, -0.25) is 9.48 Å². The fourth-order valence-corrected chi connectivity index (χ4v) is 2.94. The van der Waals surface area contributed by atoms with E-state index < -0.39 is 30.0 Å². The Balaban J connectivity index is 2.05. The van der Waals surface area contributed by atoms with E-state index in [0.717, 1.165) is 22.9 Å². The van der Waals surface area contributed by atoms with Crippen molar-refractivity contribution in [1.82, 2.24) is 9.78 Å². The zero-order chi connectivity index (χ0) is 19.7. The number of para-hydroxylation sites is 1. The van der Waals surface area contributed by atoms with Crippen molar-refractivity contribution >= 4 is 23.2 Å². The van der Waals surface area contributed by atoms with Crippen LogP contribution in [0.25, 0.3) is 11.1 Å². The van der Waals surface area contributed by atoms with Crippen molar-refractivity contribution in [3.05, 3.63) is 70.3 Å². The average molecular weight is 398 g/mol. The molecule has 1 N–H and O–H groups in total. The summed E-state index contributed by atoms with van der Waals surface area (Å²) in [5.41, 5.74) is -0.335. The Morgan fingerprint density at radius 2 is 1.89 bits per heavy atom. The molecule has 0 radical (unpaired) electrons. The van der Waals surface area contributed by atoms with E-state index in [1.54, 1.807) is 0 Å². The molecule has 1 heterocycles. The largest absolute Gasteiger partial charge is 0.319 e. The highest BCUT2D eigenvalue weighted by atomic mass is 35.5. The standard InChI is InChI=1S/C18H12ClF4N3O/c1-26-14(8-20)15(17(19)25-26)18(27)24-16-10(3-2-4-12(16)22)9-5-6-11(21)13(23)7-9/h2-7H,8H2,1H3,(H,24,27). The third-order valence-corrected chi connectivity index (χ3v) is 4.22. The Labute approximate surface area is 156 Å². The number of benzene rings is 2. The maximum absolute atomic E-state index is 14.4. The predicted octanol–water partition coefficient (Wildman–Crippen LogP) is 4.88. The third-order valence-electron chi connectivity index (χ3n) is 3.96. The van der Waals surface area contributed by atoms with Gasteiger partial charge in [-0.15, -0.1) is 0 Å². The van der Waals surface area contributed by atoms with Crippen molar-refractivity contribution in [2.75, 3.05) is 5.32 Å². The molecule has 0 fully saturated rings. The number of aromatic nitrogens is 2. The molecule has 9 heteroatoms. The Bertz CT molecular complexity index is 1040. The van der Waals surface area contributed by atoms with Crippen LogP contribution in [-0.2, 0) is 13.7 Å². The predicted molar refractivity (Wildman–Crippen MR) is 92.7 cm³/mol. The van der Waals surface area contributed by atoms with Gasteiger partial charge in [-0.25, -0.2) is 17.6 Å². The highest BCUT2D eigenvalue weighted by Crippen LogP contribution is 2.32. The fraction of sp³-hybridized carbons (Fsp3) is 0.111. The number of amides is 1. The molecule has 0 aliphatic carbocycles. The SMILES string of the molecule is Cn1nc(Cl)c(C(=O)Nc2c(F)cccc2-c2ccc(F)c(F)c2)c1CF. The molecule has 1 amide bonds. The number of alkyl halides is 1. The number of nitrogens with one attached hydrogen (secondary N) is 1.